The molecule has 1 unspecified atom stereocenters. The average Bonchev–Trinajstić information content (AvgIpc) is 2.92. The lowest BCUT2D eigenvalue weighted by molar-refractivity contribution is 0.190. The molecule has 1 heterocycles. The van der Waals surface area contributed by atoms with Crippen LogP contribution in [0, 0.1) is 17.8 Å². The molecule has 4 nitrogen and oxygen atoms in total. The monoisotopic (exact) mass is 278 g/mol. The van der Waals surface area contributed by atoms with Crippen molar-refractivity contribution in [2.75, 3.05) is 7.05 Å². The third-order valence-corrected chi connectivity index (χ3v) is 5.10. The Bertz CT molecular complexity index is 391. The summed E-state index contributed by atoms with van der Waals surface area (Å²) < 4.78 is 2.02. The molecule has 4 heteroatoms. The Morgan fingerprint density at radius 2 is 1.90 bits per heavy atom. The van der Waals surface area contributed by atoms with Crippen LogP contribution in [0.1, 0.15) is 52.3 Å². The van der Waals surface area contributed by atoms with Gasteiger partial charge in [-0.05, 0) is 57.4 Å². The molecule has 1 fully saturated rings. The van der Waals surface area contributed by atoms with E-state index in [1.807, 2.05) is 4.68 Å². The molecule has 1 aromatic rings. The highest BCUT2D eigenvalue weighted by Crippen LogP contribution is 2.35. The SMILES string of the molecule is CCn1ncnc1CC(NC)C1CCC(C(C)C)CC1. The van der Waals surface area contributed by atoms with Crippen molar-refractivity contribution in [3.63, 3.8) is 0 Å². The van der Waals surface area contributed by atoms with Gasteiger partial charge < -0.3 is 5.32 Å². The van der Waals surface area contributed by atoms with Crippen LogP contribution in [-0.2, 0) is 13.0 Å². The second-order valence-corrected chi connectivity index (χ2v) is 6.51. The van der Waals surface area contributed by atoms with E-state index in [0.29, 0.717) is 6.04 Å². The molecular formula is C16H30N4. The van der Waals surface area contributed by atoms with Gasteiger partial charge in [-0.2, -0.15) is 5.10 Å². The Kier molecular flexibility index (Phi) is 5.58. The highest BCUT2D eigenvalue weighted by molar-refractivity contribution is 4.93. The van der Waals surface area contributed by atoms with Gasteiger partial charge in [0.15, 0.2) is 0 Å². The summed E-state index contributed by atoms with van der Waals surface area (Å²) in [5.74, 6) is 3.69. The van der Waals surface area contributed by atoms with Crippen molar-refractivity contribution < 1.29 is 0 Å². The molecule has 1 N–H and O–H groups in total. The van der Waals surface area contributed by atoms with Gasteiger partial charge in [0.05, 0.1) is 0 Å². The molecule has 0 aliphatic heterocycles. The minimum absolute atomic E-state index is 0.539. The number of aryl methyl sites for hydroxylation is 1. The van der Waals surface area contributed by atoms with Gasteiger partial charge in [0.2, 0.25) is 0 Å². The predicted molar refractivity (Wildman–Crippen MR) is 82.5 cm³/mol. The predicted octanol–water partition coefficient (Wildman–Crippen LogP) is 2.89. The first kappa shape index (κ1) is 15.5. The van der Waals surface area contributed by atoms with Gasteiger partial charge in [0.1, 0.15) is 12.2 Å². The van der Waals surface area contributed by atoms with Crippen LogP contribution in [0.5, 0.6) is 0 Å². The fourth-order valence-corrected chi connectivity index (χ4v) is 3.63. The molecule has 1 aliphatic rings. The van der Waals surface area contributed by atoms with E-state index in [2.05, 4.69) is 43.2 Å². The van der Waals surface area contributed by atoms with Gasteiger partial charge >= 0.3 is 0 Å². The maximum atomic E-state index is 4.42. The lowest BCUT2D eigenvalue weighted by Crippen LogP contribution is -2.38. The summed E-state index contributed by atoms with van der Waals surface area (Å²) in [6, 6.07) is 0.539. The number of nitrogens with zero attached hydrogens (tertiary/aromatic N) is 3. The van der Waals surface area contributed by atoms with Crippen molar-refractivity contribution in [2.45, 2.75) is 65.5 Å². The van der Waals surface area contributed by atoms with Crippen molar-refractivity contribution >= 4 is 0 Å². The van der Waals surface area contributed by atoms with E-state index in [4.69, 9.17) is 0 Å². The van der Waals surface area contributed by atoms with Crippen LogP contribution >= 0.6 is 0 Å². The molecule has 2 rings (SSSR count). The van der Waals surface area contributed by atoms with Gasteiger partial charge in [-0.1, -0.05) is 13.8 Å². The fourth-order valence-electron chi connectivity index (χ4n) is 3.63. The largest absolute Gasteiger partial charge is 0.316 e. The highest BCUT2D eigenvalue weighted by atomic mass is 15.3. The van der Waals surface area contributed by atoms with Crippen LogP contribution in [0.4, 0.5) is 0 Å². The molecule has 1 saturated carbocycles. The molecule has 20 heavy (non-hydrogen) atoms. The van der Waals surface area contributed by atoms with Crippen LogP contribution in [0.3, 0.4) is 0 Å². The molecule has 0 bridgehead atoms. The van der Waals surface area contributed by atoms with E-state index in [0.717, 1.165) is 36.5 Å². The van der Waals surface area contributed by atoms with Crippen LogP contribution in [0.15, 0.2) is 6.33 Å². The molecular weight excluding hydrogens is 248 g/mol. The zero-order valence-electron chi connectivity index (χ0n) is 13.5. The van der Waals surface area contributed by atoms with Gasteiger partial charge in [0, 0.05) is 19.0 Å². The highest BCUT2D eigenvalue weighted by Gasteiger charge is 2.28. The number of hydrogen-bond acceptors (Lipinski definition) is 3. The second-order valence-electron chi connectivity index (χ2n) is 6.51. The molecule has 1 aromatic heterocycles. The van der Waals surface area contributed by atoms with Crippen molar-refractivity contribution in [3.8, 4) is 0 Å². The van der Waals surface area contributed by atoms with Crippen molar-refractivity contribution in [3.05, 3.63) is 12.2 Å². The summed E-state index contributed by atoms with van der Waals surface area (Å²) in [6.07, 6.45) is 8.17. The molecule has 0 saturated heterocycles. The third-order valence-electron chi connectivity index (χ3n) is 5.10. The summed E-state index contributed by atoms with van der Waals surface area (Å²) in [4.78, 5) is 4.42. The lowest BCUT2D eigenvalue weighted by Gasteiger charge is -2.35. The van der Waals surface area contributed by atoms with Crippen LogP contribution in [-0.4, -0.2) is 27.9 Å². The standard InChI is InChI=1S/C16H30N4/c1-5-20-16(18-11-19-20)10-15(17-4)14-8-6-13(7-9-14)12(2)3/h11-15,17H,5-10H2,1-4H3. The number of hydrogen-bond donors (Lipinski definition) is 1. The topological polar surface area (TPSA) is 42.7 Å². The zero-order chi connectivity index (χ0) is 14.5. The third kappa shape index (κ3) is 3.60. The maximum Gasteiger partial charge on any atom is 0.138 e. The summed E-state index contributed by atoms with van der Waals surface area (Å²) in [5.41, 5.74) is 0. The van der Waals surface area contributed by atoms with E-state index in [9.17, 15) is 0 Å². The van der Waals surface area contributed by atoms with Crippen molar-refractivity contribution in [1.29, 1.82) is 0 Å². The van der Waals surface area contributed by atoms with Crippen LogP contribution in [0.25, 0.3) is 0 Å². The molecule has 0 aromatic carbocycles. The lowest BCUT2D eigenvalue weighted by atomic mass is 9.74. The number of nitrogens with one attached hydrogen (secondary N) is 1. The van der Waals surface area contributed by atoms with E-state index in [-0.39, 0.29) is 0 Å². The molecule has 0 spiro atoms. The smallest absolute Gasteiger partial charge is 0.138 e. The Morgan fingerprint density at radius 1 is 1.25 bits per heavy atom. The fraction of sp³-hybridized carbons (Fsp3) is 0.875. The Balaban J connectivity index is 1.93. The first-order valence-corrected chi connectivity index (χ1v) is 8.19. The summed E-state index contributed by atoms with van der Waals surface area (Å²) in [5, 5.41) is 7.80. The number of likely N-dealkylation sites (N-methyl/N-ethyl adjacent to an activating group) is 1. The first-order chi connectivity index (χ1) is 9.65. The van der Waals surface area contributed by atoms with Crippen molar-refractivity contribution in [1.82, 2.24) is 20.1 Å². The second kappa shape index (κ2) is 7.21. The van der Waals surface area contributed by atoms with E-state index in [1.165, 1.54) is 25.7 Å². The van der Waals surface area contributed by atoms with Gasteiger partial charge in [-0.25, -0.2) is 4.98 Å². The Hall–Kier alpha value is -0.900. The van der Waals surface area contributed by atoms with E-state index >= 15 is 0 Å². The van der Waals surface area contributed by atoms with Gasteiger partial charge in [-0.3, -0.25) is 4.68 Å². The molecule has 0 radical (unpaired) electrons. The molecule has 0 amide bonds. The van der Waals surface area contributed by atoms with Gasteiger partial charge in [-0.15, -0.1) is 0 Å². The molecule has 1 aliphatic carbocycles. The zero-order valence-corrected chi connectivity index (χ0v) is 13.5. The maximum absolute atomic E-state index is 4.42. The number of aromatic nitrogens is 3. The Labute approximate surface area is 123 Å². The normalized spacial score (nSPS) is 25.1. The summed E-state index contributed by atoms with van der Waals surface area (Å²) in [7, 11) is 2.09. The van der Waals surface area contributed by atoms with Gasteiger partial charge in [0.25, 0.3) is 0 Å². The van der Waals surface area contributed by atoms with E-state index in [1.54, 1.807) is 6.33 Å². The minimum Gasteiger partial charge on any atom is -0.316 e. The first-order valence-electron chi connectivity index (χ1n) is 8.19. The quantitative estimate of drug-likeness (QED) is 0.870. The molecule has 1 atom stereocenters. The average molecular weight is 278 g/mol. The minimum atomic E-state index is 0.539. The Morgan fingerprint density at radius 3 is 2.45 bits per heavy atom. The summed E-state index contributed by atoms with van der Waals surface area (Å²) in [6.45, 7) is 7.76. The number of rotatable bonds is 6. The molecule has 114 valence electrons. The summed E-state index contributed by atoms with van der Waals surface area (Å²) >= 11 is 0. The van der Waals surface area contributed by atoms with E-state index < -0.39 is 0 Å². The van der Waals surface area contributed by atoms with Crippen LogP contribution in [0.2, 0.25) is 0 Å². The van der Waals surface area contributed by atoms with Crippen LogP contribution < -0.4 is 5.32 Å². The van der Waals surface area contributed by atoms with Crippen molar-refractivity contribution in [2.24, 2.45) is 17.8 Å².